The van der Waals surface area contributed by atoms with E-state index < -0.39 is 6.36 Å². The molecular formula is C21H16F3N3O. The smallest absolute Gasteiger partial charge is 0.406 e. The lowest BCUT2D eigenvalue weighted by atomic mass is 10.1. The predicted molar refractivity (Wildman–Crippen MR) is 104 cm³/mol. The van der Waals surface area contributed by atoms with Gasteiger partial charge in [0.1, 0.15) is 11.6 Å². The second-order valence-electron chi connectivity index (χ2n) is 6.34. The molecule has 0 unspecified atom stereocenters. The van der Waals surface area contributed by atoms with Gasteiger partial charge in [-0.2, -0.15) is 0 Å². The van der Waals surface area contributed by atoms with E-state index in [1.165, 1.54) is 12.1 Å². The Hall–Kier alpha value is -3.35. The highest BCUT2D eigenvalue weighted by atomic mass is 19.4. The van der Waals surface area contributed by atoms with Crippen LogP contribution in [-0.2, 0) is 0 Å². The van der Waals surface area contributed by atoms with E-state index in [4.69, 9.17) is 4.98 Å². The van der Waals surface area contributed by atoms with Gasteiger partial charge in [0, 0.05) is 24.3 Å². The van der Waals surface area contributed by atoms with Crippen molar-refractivity contribution in [2.24, 2.45) is 4.99 Å². The molecule has 0 amide bonds. The summed E-state index contributed by atoms with van der Waals surface area (Å²) in [5.41, 5.74) is 3.44. The highest BCUT2D eigenvalue weighted by Crippen LogP contribution is 2.30. The van der Waals surface area contributed by atoms with E-state index in [0.717, 1.165) is 33.2 Å². The van der Waals surface area contributed by atoms with Crippen molar-refractivity contribution in [3.63, 3.8) is 0 Å². The fourth-order valence-electron chi connectivity index (χ4n) is 3.36. The third-order valence-corrected chi connectivity index (χ3v) is 4.44. The van der Waals surface area contributed by atoms with Crippen LogP contribution >= 0.6 is 0 Å². The molecule has 0 aliphatic rings. The molecule has 0 spiro atoms. The van der Waals surface area contributed by atoms with Crippen molar-refractivity contribution in [3.8, 4) is 11.4 Å². The fourth-order valence-corrected chi connectivity index (χ4v) is 3.36. The van der Waals surface area contributed by atoms with Gasteiger partial charge in [0.2, 0.25) is 0 Å². The number of ether oxygens (including phenoxy) is 1. The number of aryl methyl sites for hydroxylation is 1. The Labute approximate surface area is 158 Å². The summed E-state index contributed by atoms with van der Waals surface area (Å²) in [7, 11) is 1.73. The third kappa shape index (κ3) is 3.31. The monoisotopic (exact) mass is 383 g/mol. The minimum Gasteiger partial charge on any atom is -0.406 e. The highest BCUT2D eigenvalue weighted by molar-refractivity contribution is 6.06. The van der Waals surface area contributed by atoms with Crippen molar-refractivity contribution in [1.29, 1.82) is 0 Å². The van der Waals surface area contributed by atoms with E-state index in [0.29, 0.717) is 5.69 Å². The van der Waals surface area contributed by atoms with Crippen LogP contribution in [0.4, 0.5) is 13.2 Å². The summed E-state index contributed by atoms with van der Waals surface area (Å²) >= 11 is 0. The lowest BCUT2D eigenvalue weighted by molar-refractivity contribution is -0.274. The Balaban J connectivity index is 1.81. The first-order chi connectivity index (χ1) is 13.4. The van der Waals surface area contributed by atoms with Crippen molar-refractivity contribution in [2.75, 3.05) is 7.05 Å². The van der Waals surface area contributed by atoms with E-state index in [2.05, 4.69) is 9.73 Å². The summed E-state index contributed by atoms with van der Waals surface area (Å²) in [4.78, 5) is 8.73. The molecule has 28 heavy (non-hydrogen) atoms. The molecule has 4 nitrogen and oxygen atoms in total. The van der Waals surface area contributed by atoms with Crippen LogP contribution in [-0.4, -0.2) is 29.2 Å². The minimum atomic E-state index is -4.71. The largest absolute Gasteiger partial charge is 0.573 e. The van der Waals surface area contributed by atoms with E-state index >= 15 is 0 Å². The average molecular weight is 383 g/mol. The molecule has 0 saturated carbocycles. The maximum absolute atomic E-state index is 12.4. The molecule has 3 aromatic carbocycles. The molecular weight excluding hydrogens is 367 g/mol. The Morgan fingerprint density at radius 2 is 1.79 bits per heavy atom. The van der Waals surface area contributed by atoms with E-state index in [1.54, 1.807) is 25.4 Å². The number of rotatable bonds is 3. The van der Waals surface area contributed by atoms with Crippen LogP contribution in [0.3, 0.4) is 0 Å². The van der Waals surface area contributed by atoms with E-state index in [1.807, 2.05) is 41.8 Å². The van der Waals surface area contributed by atoms with Crippen LogP contribution < -0.4 is 4.74 Å². The van der Waals surface area contributed by atoms with Crippen molar-refractivity contribution >= 4 is 28.0 Å². The first-order valence-electron chi connectivity index (χ1n) is 8.56. The second kappa shape index (κ2) is 6.67. The van der Waals surface area contributed by atoms with E-state index in [-0.39, 0.29) is 5.75 Å². The summed E-state index contributed by atoms with van der Waals surface area (Å²) in [5.74, 6) is 0.486. The van der Waals surface area contributed by atoms with Crippen LogP contribution in [0.5, 0.6) is 5.75 Å². The number of imidazole rings is 1. The molecule has 4 rings (SSSR count). The Kier molecular flexibility index (Phi) is 4.30. The molecule has 1 heterocycles. The molecule has 0 radical (unpaired) electrons. The number of aliphatic imine (C=N–C) groups is 1. The normalized spacial score (nSPS) is 12.3. The molecule has 0 N–H and O–H groups in total. The number of hydrogen-bond donors (Lipinski definition) is 0. The van der Waals surface area contributed by atoms with Gasteiger partial charge in [0.25, 0.3) is 0 Å². The van der Waals surface area contributed by atoms with Gasteiger partial charge in [-0.3, -0.25) is 9.56 Å². The zero-order valence-electron chi connectivity index (χ0n) is 15.2. The third-order valence-electron chi connectivity index (χ3n) is 4.44. The minimum absolute atomic E-state index is 0.256. The fraction of sp³-hybridized carbons (Fsp3) is 0.143. The van der Waals surface area contributed by atoms with Crippen LogP contribution in [0, 0.1) is 6.92 Å². The Morgan fingerprint density at radius 3 is 2.46 bits per heavy atom. The number of halogens is 3. The number of aromatic nitrogens is 2. The van der Waals surface area contributed by atoms with Gasteiger partial charge in [-0.15, -0.1) is 13.2 Å². The number of hydrogen-bond acceptors (Lipinski definition) is 3. The van der Waals surface area contributed by atoms with Crippen LogP contribution in [0.15, 0.2) is 59.6 Å². The Morgan fingerprint density at radius 1 is 1.04 bits per heavy atom. The average Bonchev–Trinajstić information content (AvgIpc) is 2.97. The molecule has 4 aromatic rings. The first kappa shape index (κ1) is 18.0. The van der Waals surface area contributed by atoms with Gasteiger partial charge in [0.05, 0.1) is 11.0 Å². The SMILES string of the molecule is CN=Cc1ccc2c(ccc3c2nc(C)n3-c2ccc(OC(F)(F)F)cc2)c1. The van der Waals surface area contributed by atoms with Gasteiger partial charge in [-0.25, -0.2) is 4.98 Å². The molecule has 1 aromatic heterocycles. The maximum atomic E-state index is 12.4. The second-order valence-corrected chi connectivity index (χ2v) is 6.34. The molecule has 0 atom stereocenters. The lowest BCUT2D eigenvalue weighted by Crippen LogP contribution is -2.17. The first-order valence-corrected chi connectivity index (χ1v) is 8.56. The molecule has 0 aliphatic heterocycles. The van der Waals surface area contributed by atoms with Crippen LogP contribution in [0.2, 0.25) is 0 Å². The van der Waals surface area contributed by atoms with Crippen molar-refractivity contribution in [1.82, 2.24) is 9.55 Å². The molecule has 0 fully saturated rings. The molecule has 7 heteroatoms. The predicted octanol–water partition coefficient (Wildman–Crippen LogP) is 5.43. The van der Waals surface area contributed by atoms with Gasteiger partial charge in [0.15, 0.2) is 0 Å². The number of alkyl halides is 3. The molecule has 0 aliphatic carbocycles. The Bertz CT molecular complexity index is 1190. The number of nitrogens with zero attached hydrogens (tertiary/aromatic N) is 3. The zero-order valence-corrected chi connectivity index (χ0v) is 15.2. The molecule has 142 valence electrons. The zero-order chi connectivity index (χ0) is 19.9. The lowest BCUT2D eigenvalue weighted by Gasteiger charge is -2.11. The van der Waals surface area contributed by atoms with Gasteiger partial charge < -0.3 is 4.74 Å². The standard InChI is InChI=1S/C21H16F3N3O/c1-13-26-20-18-9-3-14(12-25-2)11-15(18)4-10-19(20)27(13)16-5-7-17(8-6-16)28-21(22,23)24/h3-12H,1-2H3. The van der Waals surface area contributed by atoms with E-state index in [9.17, 15) is 13.2 Å². The summed E-state index contributed by atoms with van der Waals surface area (Å²) in [5, 5.41) is 2.05. The molecule has 0 saturated heterocycles. The van der Waals surface area contributed by atoms with Crippen molar-refractivity contribution in [3.05, 3.63) is 66.0 Å². The van der Waals surface area contributed by atoms with Gasteiger partial charge in [-0.05, 0) is 54.3 Å². The highest BCUT2D eigenvalue weighted by Gasteiger charge is 2.31. The van der Waals surface area contributed by atoms with Crippen molar-refractivity contribution < 1.29 is 17.9 Å². The van der Waals surface area contributed by atoms with Crippen molar-refractivity contribution in [2.45, 2.75) is 13.3 Å². The van der Waals surface area contributed by atoms with Crippen LogP contribution in [0.1, 0.15) is 11.4 Å². The summed E-state index contributed by atoms with van der Waals surface area (Å²) in [6, 6.07) is 15.8. The van der Waals surface area contributed by atoms with Gasteiger partial charge >= 0.3 is 6.36 Å². The summed E-state index contributed by atoms with van der Waals surface area (Å²) in [6.45, 7) is 1.87. The summed E-state index contributed by atoms with van der Waals surface area (Å²) < 4.78 is 43.0. The van der Waals surface area contributed by atoms with Crippen LogP contribution in [0.25, 0.3) is 27.5 Å². The maximum Gasteiger partial charge on any atom is 0.573 e. The molecule has 0 bridgehead atoms. The topological polar surface area (TPSA) is 39.4 Å². The number of benzene rings is 3. The quantitative estimate of drug-likeness (QED) is 0.442. The summed E-state index contributed by atoms with van der Waals surface area (Å²) in [6.07, 6.45) is -2.92. The number of fused-ring (bicyclic) bond motifs is 3. The van der Waals surface area contributed by atoms with Gasteiger partial charge in [-0.1, -0.05) is 18.2 Å².